The van der Waals surface area contributed by atoms with Crippen molar-refractivity contribution in [1.82, 2.24) is 0 Å². The van der Waals surface area contributed by atoms with E-state index in [9.17, 15) is 10.2 Å². The maximum Gasteiger partial charge on any atom is 0.121 e. The Balaban J connectivity index is 2.64. The minimum absolute atomic E-state index is 0.197. The van der Waals surface area contributed by atoms with Gasteiger partial charge in [0.25, 0.3) is 0 Å². The van der Waals surface area contributed by atoms with Crippen molar-refractivity contribution in [2.24, 2.45) is 0 Å². The summed E-state index contributed by atoms with van der Waals surface area (Å²) in [7, 11) is 0. The molecular weight excluding hydrogens is 356 g/mol. The average molecular weight is 397 g/mol. The van der Waals surface area contributed by atoms with Crippen LogP contribution in [0.4, 0.5) is 0 Å². The van der Waals surface area contributed by atoms with Crippen molar-refractivity contribution in [3.05, 3.63) is 57.6 Å². The van der Waals surface area contributed by atoms with Crippen LogP contribution in [0.1, 0.15) is 101 Å². The van der Waals surface area contributed by atoms with Gasteiger partial charge in [0.05, 0.1) is 0 Å². The lowest BCUT2D eigenvalue weighted by molar-refractivity contribution is 0.457. The van der Waals surface area contributed by atoms with Gasteiger partial charge in [-0.3, -0.25) is 0 Å². The molecule has 0 fully saturated rings. The molecule has 29 heavy (non-hydrogen) atoms. The van der Waals surface area contributed by atoms with Gasteiger partial charge in [0, 0.05) is 5.41 Å². The maximum absolute atomic E-state index is 10.7. The average Bonchev–Trinajstić information content (AvgIpc) is 2.68. The number of hydrogen-bond donors (Lipinski definition) is 2. The molecule has 0 aliphatic heterocycles. The Kier molecular flexibility index (Phi) is 8.19. The fraction of sp³-hybridized carbons (Fsp3) is 0.556. The predicted octanol–water partition coefficient (Wildman–Crippen LogP) is 7.23. The molecule has 2 heteroatoms. The van der Waals surface area contributed by atoms with Crippen LogP contribution in [0.3, 0.4) is 0 Å². The van der Waals surface area contributed by atoms with Crippen LogP contribution in [0.5, 0.6) is 11.5 Å². The molecule has 2 rings (SSSR count). The standard InChI is InChI=1S/C27H40O2/c1-7-11-19-15-23(16-20(12-8-2)25(19)28)27(5,6)24-17-21(13-9-3)26(29)22(18-24)14-10-4/h15-18,28-29H,7-14H2,1-6H3. The van der Waals surface area contributed by atoms with Gasteiger partial charge in [-0.1, -0.05) is 91.5 Å². The van der Waals surface area contributed by atoms with Crippen LogP contribution in [-0.4, -0.2) is 10.2 Å². The number of hydrogen-bond acceptors (Lipinski definition) is 2. The summed E-state index contributed by atoms with van der Waals surface area (Å²) in [5.41, 5.74) is 6.53. The molecule has 2 aromatic carbocycles. The Morgan fingerprint density at radius 2 is 0.793 bits per heavy atom. The molecule has 2 nitrogen and oxygen atoms in total. The minimum atomic E-state index is -0.197. The summed E-state index contributed by atoms with van der Waals surface area (Å²) in [6, 6.07) is 8.79. The Morgan fingerprint density at radius 3 is 1.00 bits per heavy atom. The number of benzene rings is 2. The van der Waals surface area contributed by atoms with Gasteiger partial charge in [-0.05, 0) is 59.1 Å². The minimum Gasteiger partial charge on any atom is -0.507 e. The molecule has 0 amide bonds. The molecule has 0 atom stereocenters. The third kappa shape index (κ3) is 5.15. The molecule has 0 aliphatic rings. The lowest BCUT2D eigenvalue weighted by atomic mass is 9.75. The molecular formula is C27H40O2. The van der Waals surface area contributed by atoms with Crippen LogP contribution in [-0.2, 0) is 31.1 Å². The SMILES string of the molecule is CCCc1cc(C(C)(C)c2cc(CCC)c(O)c(CCC)c2)cc(CCC)c1O. The smallest absolute Gasteiger partial charge is 0.121 e. The zero-order chi connectivity index (χ0) is 21.6. The number of aromatic hydroxyl groups is 2. The van der Waals surface area contributed by atoms with Gasteiger partial charge in [0.15, 0.2) is 0 Å². The molecule has 160 valence electrons. The third-order valence-corrected chi connectivity index (χ3v) is 6.06. The van der Waals surface area contributed by atoms with E-state index < -0.39 is 0 Å². The van der Waals surface area contributed by atoms with Crippen LogP contribution in [0.15, 0.2) is 24.3 Å². The Hall–Kier alpha value is -1.96. The number of phenols is 2. The van der Waals surface area contributed by atoms with Crippen molar-refractivity contribution in [2.75, 3.05) is 0 Å². The van der Waals surface area contributed by atoms with Gasteiger partial charge < -0.3 is 10.2 Å². The van der Waals surface area contributed by atoms with Gasteiger partial charge in [-0.2, -0.15) is 0 Å². The predicted molar refractivity (Wildman–Crippen MR) is 124 cm³/mol. The van der Waals surface area contributed by atoms with Gasteiger partial charge in [-0.25, -0.2) is 0 Å². The zero-order valence-electron chi connectivity index (χ0n) is 19.4. The highest BCUT2D eigenvalue weighted by Gasteiger charge is 2.27. The second-order valence-electron chi connectivity index (χ2n) is 8.91. The highest BCUT2D eigenvalue weighted by atomic mass is 16.3. The molecule has 2 N–H and O–H groups in total. The molecule has 0 spiro atoms. The van der Waals surface area contributed by atoms with Crippen LogP contribution in [0.2, 0.25) is 0 Å². The first kappa shape index (κ1) is 23.3. The van der Waals surface area contributed by atoms with Crippen molar-refractivity contribution < 1.29 is 10.2 Å². The van der Waals surface area contributed by atoms with E-state index in [1.165, 1.54) is 11.1 Å². The van der Waals surface area contributed by atoms with Crippen molar-refractivity contribution in [1.29, 1.82) is 0 Å². The summed E-state index contributed by atoms with van der Waals surface area (Å²) in [6.07, 6.45) is 7.64. The summed E-state index contributed by atoms with van der Waals surface area (Å²) >= 11 is 0. The van der Waals surface area contributed by atoms with Crippen LogP contribution >= 0.6 is 0 Å². The first-order chi connectivity index (χ1) is 13.8. The van der Waals surface area contributed by atoms with Crippen molar-refractivity contribution in [2.45, 2.75) is 98.3 Å². The molecule has 0 saturated heterocycles. The first-order valence-electron chi connectivity index (χ1n) is 11.5. The van der Waals surface area contributed by atoms with E-state index in [1.54, 1.807) is 0 Å². The summed E-state index contributed by atoms with van der Waals surface area (Å²) < 4.78 is 0. The Morgan fingerprint density at radius 1 is 0.552 bits per heavy atom. The number of aryl methyl sites for hydroxylation is 4. The second-order valence-corrected chi connectivity index (χ2v) is 8.91. The van der Waals surface area contributed by atoms with Crippen LogP contribution in [0.25, 0.3) is 0 Å². The van der Waals surface area contributed by atoms with E-state index in [2.05, 4.69) is 65.8 Å². The molecule has 2 aromatic rings. The molecule has 0 aromatic heterocycles. The van der Waals surface area contributed by atoms with Crippen molar-refractivity contribution >= 4 is 0 Å². The van der Waals surface area contributed by atoms with E-state index in [0.717, 1.165) is 73.6 Å². The molecule has 0 heterocycles. The third-order valence-electron chi connectivity index (χ3n) is 6.06. The van der Waals surface area contributed by atoms with Crippen molar-refractivity contribution in [3.8, 4) is 11.5 Å². The van der Waals surface area contributed by atoms with Crippen LogP contribution in [0, 0.1) is 0 Å². The Labute approximate surface area is 178 Å². The van der Waals surface area contributed by atoms with E-state index >= 15 is 0 Å². The normalized spacial score (nSPS) is 11.8. The van der Waals surface area contributed by atoms with Crippen molar-refractivity contribution in [3.63, 3.8) is 0 Å². The zero-order valence-corrected chi connectivity index (χ0v) is 19.4. The summed E-state index contributed by atoms with van der Waals surface area (Å²) in [4.78, 5) is 0. The monoisotopic (exact) mass is 396 g/mol. The highest BCUT2D eigenvalue weighted by molar-refractivity contribution is 5.52. The van der Waals surface area contributed by atoms with Gasteiger partial charge in [0.2, 0.25) is 0 Å². The highest BCUT2D eigenvalue weighted by Crippen LogP contribution is 2.39. The molecule has 0 radical (unpaired) electrons. The van der Waals surface area contributed by atoms with E-state index in [-0.39, 0.29) is 5.41 Å². The van der Waals surface area contributed by atoms with Gasteiger partial charge in [0.1, 0.15) is 11.5 Å². The number of phenolic OH excluding ortho intramolecular Hbond substituents is 2. The molecule has 0 bridgehead atoms. The summed E-state index contributed by atoms with van der Waals surface area (Å²) in [5.74, 6) is 0.967. The lowest BCUT2D eigenvalue weighted by Gasteiger charge is -2.29. The number of rotatable bonds is 10. The van der Waals surface area contributed by atoms with Crippen LogP contribution < -0.4 is 0 Å². The van der Waals surface area contributed by atoms with E-state index in [1.807, 2.05) is 0 Å². The molecule has 0 unspecified atom stereocenters. The fourth-order valence-electron chi connectivity index (χ4n) is 4.25. The lowest BCUT2D eigenvalue weighted by Crippen LogP contribution is -2.20. The van der Waals surface area contributed by atoms with E-state index in [4.69, 9.17) is 0 Å². The maximum atomic E-state index is 10.7. The van der Waals surface area contributed by atoms with Gasteiger partial charge >= 0.3 is 0 Å². The topological polar surface area (TPSA) is 40.5 Å². The quantitative estimate of drug-likeness (QED) is 0.444. The summed E-state index contributed by atoms with van der Waals surface area (Å²) in [6.45, 7) is 13.2. The molecule has 0 aliphatic carbocycles. The largest absolute Gasteiger partial charge is 0.507 e. The Bertz CT molecular complexity index is 696. The van der Waals surface area contributed by atoms with Gasteiger partial charge in [-0.15, -0.1) is 0 Å². The van der Waals surface area contributed by atoms with E-state index in [0.29, 0.717) is 11.5 Å². The molecule has 0 saturated carbocycles. The first-order valence-corrected chi connectivity index (χ1v) is 11.5. The second kappa shape index (κ2) is 10.2. The fourth-order valence-corrected chi connectivity index (χ4v) is 4.25. The summed E-state index contributed by atoms with van der Waals surface area (Å²) in [5, 5.41) is 21.5.